The number of imide groups is 2. The summed E-state index contributed by atoms with van der Waals surface area (Å²) in [4.78, 5) is 73.6. The van der Waals surface area contributed by atoms with E-state index in [1.807, 2.05) is 19.1 Å². The highest BCUT2D eigenvalue weighted by molar-refractivity contribution is 6.23. The molecule has 2 atom stereocenters. The number of anilines is 1. The number of amides is 4. The van der Waals surface area contributed by atoms with Crippen LogP contribution in [-0.4, -0.2) is 136 Å². The number of nitrogens with one attached hydrogen (secondary N) is 1. The van der Waals surface area contributed by atoms with Gasteiger partial charge in [-0.25, -0.2) is 8.78 Å². The summed E-state index contributed by atoms with van der Waals surface area (Å²) >= 11 is 0. The zero-order chi connectivity index (χ0) is 49.5. The van der Waals surface area contributed by atoms with Gasteiger partial charge in [0.2, 0.25) is 11.8 Å². The molecule has 17 heteroatoms. The van der Waals surface area contributed by atoms with Crippen LogP contribution in [0, 0.1) is 23.0 Å². The minimum atomic E-state index is -0.975. The number of hydrogen-bond acceptors (Lipinski definition) is 13. The number of rotatable bonds is 12. The van der Waals surface area contributed by atoms with E-state index in [1.165, 1.54) is 12.1 Å². The summed E-state index contributed by atoms with van der Waals surface area (Å²) in [5.41, 5.74) is 2.14. The molecule has 5 saturated heterocycles. The summed E-state index contributed by atoms with van der Waals surface area (Å²) in [5, 5.41) is 14.6. The van der Waals surface area contributed by atoms with Crippen LogP contribution in [0.2, 0.25) is 0 Å². The van der Waals surface area contributed by atoms with Crippen molar-refractivity contribution in [3.05, 3.63) is 82.5 Å². The summed E-state index contributed by atoms with van der Waals surface area (Å²) in [6, 6.07) is 10.6. The third-order valence-corrected chi connectivity index (χ3v) is 17.0. The molecule has 7 aliphatic rings. The quantitative estimate of drug-likeness (QED) is 0.120. The molecular formula is C55H60F2N8O7. The average molecular weight is 983 g/mol. The topological polar surface area (TPSA) is 171 Å². The molecule has 6 fully saturated rings. The SMILES string of the molecule is CCc1c(F)ccc2cc(O)cc(-c3ncc4c(N5CCCC6(CCO6)C5)nc(OCC5(CN6CCC(CN7CCC(c8ccc9c(c8)C(=O)N(C8CCC(=O)NC8=O)C9=O)CC7)CC6)CC5)nc4c3F)c12. The summed E-state index contributed by atoms with van der Waals surface area (Å²) in [5.74, 6) is -1.69. The Hall–Kier alpha value is -6.17. The fraction of sp³-hybridized carbons (Fsp3) is 0.509. The number of carbonyl (C=O) groups is 4. The van der Waals surface area contributed by atoms with Gasteiger partial charge in [-0.3, -0.25) is 34.4 Å². The van der Waals surface area contributed by atoms with Gasteiger partial charge in [0.1, 0.15) is 34.6 Å². The van der Waals surface area contributed by atoms with Crippen molar-refractivity contribution in [2.24, 2.45) is 11.3 Å². The largest absolute Gasteiger partial charge is 0.508 e. The van der Waals surface area contributed by atoms with Crippen LogP contribution in [0.1, 0.15) is 115 Å². The maximum Gasteiger partial charge on any atom is 0.319 e. The van der Waals surface area contributed by atoms with E-state index in [2.05, 4.69) is 25.0 Å². The third kappa shape index (κ3) is 8.53. The zero-order valence-electron chi connectivity index (χ0n) is 40.7. The van der Waals surface area contributed by atoms with Gasteiger partial charge < -0.3 is 29.3 Å². The number of pyridine rings is 1. The number of nitrogens with zero attached hydrogens (tertiary/aromatic N) is 7. The highest BCUT2D eigenvalue weighted by Gasteiger charge is 2.47. The van der Waals surface area contributed by atoms with E-state index in [0.717, 1.165) is 114 Å². The van der Waals surface area contributed by atoms with Crippen molar-refractivity contribution in [1.29, 1.82) is 0 Å². The van der Waals surface area contributed by atoms with Gasteiger partial charge >= 0.3 is 6.01 Å². The lowest BCUT2D eigenvalue weighted by Crippen LogP contribution is -2.56. The molecule has 15 nitrogen and oxygen atoms in total. The minimum absolute atomic E-state index is 0.0283. The van der Waals surface area contributed by atoms with E-state index in [0.29, 0.717) is 76.3 Å². The highest BCUT2D eigenvalue weighted by Crippen LogP contribution is 2.48. The Labute approximate surface area is 416 Å². The van der Waals surface area contributed by atoms with E-state index >= 15 is 8.78 Å². The van der Waals surface area contributed by atoms with Gasteiger partial charge in [0.05, 0.1) is 35.3 Å². The number of fused-ring (bicyclic) bond motifs is 3. The first-order valence-corrected chi connectivity index (χ1v) is 26.0. The number of carbonyl (C=O) groups excluding carboxylic acids is 4. The van der Waals surface area contributed by atoms with Crippen molar-refractivity contribution in [3.63, 3.8) is 0 Å². The van der Waals surface area contributed by atoms with E-state index in [1.54, 1.807) is 24.4 Å². The molecule has 1 aliphatic carbocycles. The lowest BCUT2D eigenvalue weighted by Gasteiger charge is -2.48. The van der Waals surface area contributed by atoms with Crippen molar-refractivity contribution in [2.75, 3.05) is 70.5 Å². The first kappa shape index (κ1) is 46.9. The van der Waals surface area contributed by atoms with Gasteiger partial charge in [-0.05, 0) is 154 Å². The summed E-state index contributed by atoms with van der Waals surface area (Å²) in [6.07, 6.45) is 11.2. The second-order valence-electron chi connectivity index (χ2n) is 21.6. The Balaban J connectivity index is 0.689. The molecule has 0 bridgehead atoms. The first-order valence-electron chi connectivity index (χ1n) is 26.0. The van der Waals surface area contributed by atoms with Crippen molar-refractivity contribution in [3.8, 4) is 23.0 Å². The van der Waals surface area contributed by atoms with Crippen molar-refractivity contribution < 1.29 is 42.5 Å². The molecule has 2 N–H and O–H groups in total. The number of benzene rings is 3. The van der Waals surface area contributed by atoms with Gasteiger partial charge in [0, 0.05) is 56.2 Å². The van der Waals surface area contributed by atoms with E-state index in [9.17, 15) is 24.3 Å². The average Bonchev–Trinajstić information content (AvgIpc) is 4.10. The summed E-state index contributed by atoms with van der Waals surface area (Å²) in [7, 11) is 0. The molecule has 2 aromatic heterocycles. The number of piperidine rings is 4. The van der Waals surface area contributed by atoms with Crippen LogP contribution in [0.25, 0.3) is 32.9 Å². The molecule has 8 heterocycles. The van der Waals surface area contributed by atoms with Crippen LogP contribution < -0.4 is 15.0 Å². The van der Waals surface area contributed by atoms with Gasteiger partial charge in [-0.15, -0.1) is 0 Å². The van der Waals surface area contributed by atoms with Gasteiger partial charge in [0.25, 0.3) is 11.8 Å². The highest BCUT2D eigenvalue weighted by atomic mass is 19.1. The van der Waals surface area contributed by atoms with Gasteiger partial charge in [-0.2, -0.15) is 9.97 Å². The number of likely N-dealkylation sites (tertiary alicyclic amines) is 2. The van der Waals surface area contributed by atoms with E-state index < -0.39 is 41.3 Å². The van der Waals surface area contributed by atoms with Crippen LogP contribution >= 0.6 is 0 Å². The lowest BCUT2D eigenvalue weighted by molar-refractivity contribution is -0.151. The molecule has 12 rings (SSSR count). The molecule has 2 unspecified atom stereocenters. The molecule has 6 aliphatic heterocycles. The molecule has 1 saturated carbocycles. The van der Waals surface area contributed by atoms with Gasteiger partial charge in [0.15, 0.2) is 5.82 Å². The van der Waals surface area contributed by atoms with Crippen LogP contribution in [0.15, 0.2) is 48.7 Å². The number of ether oxygens (including phenoxy) is 2. The standard InChI is InChI=1S/C55H60F2N8O7/c1-2-37-42(56)7-5-35-24-36(66)26-40(45(35)37)47-46(57)48-41(27-58-47)49(64-18-3-14-55(30-64)17-23-72-55)61-53(60-48)71-31-54(15-16-54)29-63-19-10-32(11-20-63)28-62-21-12-33(13-22-62)34-4-6-38-39(25-34)52(70)65(51(38)69)43-8-9-44(67)59-50(43)68/h4-7,24-27,32-33,43,66H,2-3,8-23,28-31H2,1H3,(H,59,67,68). The fourth-order valence-electron chi connectivity index (χ4n) is 12.6. The molecular weight excluding hydrogens is 923 g/mol. The number of halogens is 2. The lowest BCUT2D eigenvalue weighted by atomic mass is 9.86. The van der Waals surface area contributed by atoms with Crippen LogP contribution in [0.4, 0.5) is 14.6 Å². The predicted molar refractivity (Wildman–Crippen MR) is 264 cm³/mol. The minimum Gasteiger partial charge on any atom is -0.508 e. The molecule has 3 aromatic carbocycles. The Morgan fingerprint density at radius 2 is 1.64 bits per heavy atom. The monoisotopic (exact) mass is 982 g/mol. The zero-order valence-corrected chi connectivity index (χ0v) is 40.7. The number of aryl methyl sites for hydroxylation is 1. The molecule has 0 radical (unpaired) electrons. The fourth-order valence-corrected chi connectivity index (χ4v) is 12.6. The Morgan fingerprint density at radius 3 is 2.38 bits per heavy atom. The second-order valence-corrected chi connectivity index (χ2v) is 21.6. The maximum absolute atomic E-state index is 17.2. The molecule has 72 heavy (non-hydrogen) atoms. The molecule has 4 amide bonds. The van der Waals surface area contributed by atoms with Crippen molar-refractivity contribution in [1.82, 2.24) is 35.0 Å². The summed E-state index contributed by atoms with van der Waals surface area (Å²) in [6.45, 7) is 10.2. The van der Waals surface area contributed by atoms with Crippen LogP contribution in [0.5, 0.6) is 11.8 Å². The summed E-state index contributed by atoms with van der Waals surface area (Å²) < 4.78 is 45.1. The van der Waals surface area contributed by atoms with Crippen molar-refractivity contribution >= 4 is 51.1 Å². The van der Waals surface area contributed by atoms with Crippen LogP contribution in [-0.2, 0) is 20.7 Å². The normalized spacial score (nSPS) is 24.1. The molecule has 376 valence electrons. The smallest absolute Gasteiger partial charge is 0.319 e. The number of aromatic hydroxyl groups is 1. The number of phenolic OH excluding ortho intramolecular Hbond substituents is 1. The Kier molecular flexibility index (Phi) is 12.0. The maximum atomic E-state index is 17.2. The molecule has 1 spiro atoms. The number of phenols is 1. The van der Waals surface area contributed by atoms with Crippen LogP contribution in [0.3, 0.4) is 0 Å². The second kappa shape index (κ2) is 18.4. The van der Waals surface area contributed by atoms with Crippen molar-refractivity contribution in [2.45, 2.75) is 102 Å². The third-order valence-electron chi connectivity index (χ3n) is 17.0. The Morgan fingerprint density at radius 1 is 0.861 bits per heavy atom. The van der Waals surface area contributed by atoms with Gasteiger partial charge in [-0.1, -0.05) is 19.1 Å². The van der Waals surface area contributed by atoms with E-state index in [-0.39, 0.29) is 52.7 Å². The van der Waals surface area contributed by atoms with E-state index in [4.69, 9.17) is 19.4 Å². The number of aromatic nitrogens is 3. The predicted octanol–water partition coefficient (Wildman–Crippen LogP) is 7.30. The number of hydrogen-bond donors (Lipinski definition) is 2. The molecule has 5 aromatic rings. The Bertz CT molecular complexity index is 3040. The first-order chi connectivity index (χ1) is 34.9.